The molecule has 0 aliphatic carbocycles. The van der Waals surface area contributed by atoms with E-state index < -0.39 is 5.60 Å². The molecule has 2 unspecified atom stereocenters. The number of hydrogen-bond donors (Lipinski definition) is 1. The molecular weight excluding hydrogens is 324 g/mol. The fourth-order valence-electron chi connectivity index (χ4n) is 4.37. The Morgan fingerprint density at radius 3 is 2.50 bits per heavy atom. The topological polar surface area (TPSA) is 56.5 Å². The maximum absolute atomic E-state index is 11.5. The highest BCUT2D eigenvalue weighted by atomic mass is 16.5. The van der Waals surface area contributed by atoms with Gasteiger partial charge in [-0.15, -0.1) is 0 Å². The number of fused-ring (bicyclic) bond motifs is 2. The van der Waals surface area contributed by atoms with Crippen LogP contribution in [0, 0.1) is 18.3 Å². The third-order valence-corrected chi connectivity index (χ3v) is 5.81. The molecule has 4 rings (SSSR count). The summed E-state index contributed by atoms with van der Waals surface area (Å²) in [5.41, 5.74) is 2.84. The smallest absolute Gasteiger partial charge is 0.0994 e. The Balaban J connectivity index is 1.60. The lowest BCUT2D eigenvalue weighted by atomic mass is 9.76. The van der Waals surface area contributed by atoms with Crippen LogP contribution in [0.1, 0.15) is 35.1 Å². The van der Waals surface area contributed by atoms with Gasteiger partial charge in [0.15, 0.2) is 0 Å². The summed E-state index contributed by atoms with van der Waals surface area (Å²) in [5, 5.41) is 20.8. The van der Waals surface area contributed by atoms with E-state index >= 15 is 0 Å². The summed E-state index contributed by atoms with van der Waals surface area (Å²) in [6.07, 6.45) is 1.26. The van der Waals surface area contributed by atoms with E-state index in [1.807, 2.05) is 31.2 Å². The van der Waals surface area contributed by atoms with Gasteiger partial charge in [-0.05, 0) is 42.5 Å². The van der Waals surface area contributed by atoms with Crippen molar-refractivity contribution < 1.29 is 9.84 Å². The predicted molar refractivity (Wildman–Crippen MR) is 99.4 cm³/mol. The molecular formula is C22H24N2O2. The second kappa shape index (κ2) is 6.85. The van der Waals surface area contributed by atoms with Crippen molar-refractivity contribution in [2.75, 3.05) is 13.2 Å². The van der Waals surface area contributed by atoms with E-state index in [1.165, 1.54) is 5.56 Å². The molecule has 2 aromatic rings. The molecule has 2 saturated heterocycles. The molecule has 0 radical (unpaired) electrons. The van der Waals surface area contributed by atoms with E-state index in [0.717, 1.165) is 17.7 Å². The first-order chi connectivity index (χ1) is 12.6. The number of nitrogens with zero attached hydrogens (tertiary/aromatic N) is 2. The van der Waals surface area contributed by atoms with Crippen LogP contribution in [-0.4, -0.2) is 35.3 Å². The van der Waals surface area contributed by atoms with E-state index in [9.17, 15) is 10.4 Å². The molecule has 0 saturated carbocycles. The summed E-state index contributed by atoms with van der Waals surface area (Å²) in [7, 11) is 0. The zero-order chi connectivity index (χ0) is 18.1. The van der Waals surface area contributed by atoms with E-state index in [4.69, 9.17) is 4.74 Å². The normalized spacial score (nSPS) is 28.5. The SMILES string of the molecule is Cc1ccc(C2(O)CC3COCC(C2)N3Cc2ccccc2)cc1C#N. The average molecular weight is 348 g/mol. The van der Waals surface area contributed by atoms with Gasteiger partial charge in [0.1, 0.15) is 0 Å². The number of piperidine rings is 1. The molecule has 2 fully saturated rings. The first-order valence-corrected chi connectivity index (χ1v) is 9.20. The van der Waals surface area contributed by atoms with E-state index in [1.54, 1.807) is 0 Å². The summed E-state index contributed by atoms with van der Waals surface area (Å²) in [4.78, 5) is 2.48. The van der Waals surface area contributed by atoms with Gasteiger partial charge in [0.2, 0.25) is 0 Å². The van der Waals surface area contributed by atoms with Crippen LogP contribution in [0.4, 0.5) is 0 Å². The van der Waals surface area contributed by atoms with Crippen molar-refractivity contribution in [2.45, 2.75) is 44.0 Å². The van der Waals surface area contributed by atoms with Crippen LogP contribution < -0.4 is 0 Å². The van der Waals surface area contributed by atoms with Crippen LogP contribution in [0.2, 0.25) is 0 Å². The first-order valence-electron chi connectivity index (χ1n) is 9.20. The third-order valence-electron chi connectivity index (χ3n) is 5.81. The Morgan fingerprint density at radius 1 is 1.15 bits per heavy atom. The Labute approximate surface area is 154 Å². The maximum Gasteiger partial charge on any atom is 0.0994 e. The summed E-state index contributed by atoms with van der Waals surface area (Å²) in [5.74, 6) is 0. The van der Waals surface area contributed by atoms with Crippen molar-refractivity contribution in [2.24, 2.45) is 0 Å². The minimum absolute atomic E-state index is 0.180. The van der Waals surface area contributed by atoms with Gasteiger partial charge in [-0.3, -0.25) is 4.90 Å². The summed E-state index contributed by atoms with van der Waals surface area (Å²) in [6, 6.07) is 18.8. The van der Waals surface area contributed by atoms with Crippen LogP contribution in [0.3, 0.4) is 0 Å². The molecule has 2 aliphatic heterocycles. The fraction of sp³-hybridized carbons (Fsp3) is 0.409. The van der Waals surface area contributed by atoms with Gasteiger partial charge in [0.25, 0.3) is 0 Å². The zero-order valence-electron chi connectivity index (χ0n) is 15.1. The molecule has 4 nitrogen and oxygen atoms in total. The number of aliphatic hydroxyl groups is 1. The number of nitriles is 1. The van der Waals surface area contributed by atoms with Crippen molar-refractivity contribution >= 4 is 0 Å². The third kappa shape index (κ3) is 3.14. The molecule has 2 aliphatic rings. The highest BCUT2D eigenvalue weighted by Crippen LogP contribution is 2.42. The predicted octanol–water partition coefficient (Wildman–Crippen LogP) is 3.12. The van der Waals surface area contributed by atoms with Crippen LogP contribution >= 0.6 is 0 Å². The van der Waals surface area contributed by atoms with Gasteiger partial charge >= 0.3 is 0 Å². The van der Waals surface area contributed by atoms with Crippen molar-refractivity contribution in [3.05, 3.63) is 70.8 Å². The summed E-state index contributed by atoms with van der Waals surface area (Å²) in [6.45, 7) is 4.09. The average Bonchev–Trinajstić information content (AvgIpc) is 2.64. The van der Waals surface area contributed by atoms with Crippen molar-refractivity contribution in [1.82, 2.24) is 4.90 Å². The Morgan fingerprint density at radius 2 is 1.85 bits per heavy atom. The Bertz CT molecular complexity index is 814. The first kappa shape index (κ1) is 17.2. The Hall–Kier alpha value is -2.19. The van der Waals surface area contributed by atoms with E-state index in [2.05, 4.69) is 35.2 Å². The summed E-state index contributed by atoms with van der Waals surface area (Å²) < 4.78 is 5.79. The lowest BCUT2D eigenvalue weighted by Gasteiger charge is -2.52. The standard InChI is InChI=1S/C22H24N2O2/c1-16-7-8-19(9-18(16)12-23)22(25)10-20-14-26-15-21(11-22)24(20)13-17-5-3-2-4-6-17/h2-9,20-21,25H,10-11,13-15H2,1H3. The van der Waals surface area contributed by atoms with E-state index in [0.29, 0.717) is 31.6 Å². The number of aryl methyl sites for hydroxylation is 1. The van der Waals surface area contributed by atoms with Crippen molar-refractivity contribution in [3.8, 4) is 6.07 Å². The van der Waals surface area contributed by atoms with Crippen molar-refractivity contribution in [1.29, 1.82) is 5.26 Å². The van der Waals surface area contributed by atoms with Crippen LogP contribution in [0.15, 0.2) is 48.5 Å². The highest BCUT2D eigenvalue weighted by Gasteiger charge is 2.46. The van der Waals surface area contributed by atoms with E-state index in [-0.39, 0.29) is 12.1 Å². The molecule has 26 heavy (non-hydrogen) atoms. The van der Waals surface area contributed by atoms with Gasteiger partial charge in [-0.1, -0.05) is 42.5 Å². The molecule has 0 amide bonds. The molecule has 0 spiro atoms. The largest absolute Gasteiger partial charge is 0.385 e. The number of morpholine rings is 1. The van der Waals surface area contributed by atoms with Crippen LogP contribution in [0.25, 0.3) is 0 Å². The fourth-order valence-corrected chi connectivity index (χ4v) is 4.37. The molecule has 1 N–H and O–H groups in total. The molecule has 4 heteroatoms. The number of hydrogen-bond acceptors (Lipinski definition) is 4. The molecule has 2 aromatic carbocycles. The lowest BCUT2D eigenvalue weighted by molar-refractivity contribution is -0.149. The lowest BCUT2D eigenvalue weighted by Crippen LogP contribution is -2.60. The summed E-state index contributed by atoms with van der Waals surface area (Å²) >= 11 is 0. The second-order valence-electron chi connectivity index (χ2n) is 7.58. The van der Waals surface area contributed by atoms with Crippen LogP contribution in [-0.2, 0) is 16.9 Å². The minimum Gasteiger partial charge on any atom is -0.385 e. The monoisotopic (exact) mass is 348 g/mol. The van der Waals surface area contributed by atoms with Gasteiger partial charge in [0.05, 0.1) is 30.4 Å². The van der Waals surface area contributed by atoms with Gasteiger partial charge in [0, 0.05) is 18.6 Å². The molecule has 2 atom stereocenters. The number of rotatable bonds is 3. The van der Waals surface area contributed by atoms with Gasteiger partial charge < -0.3 is 9.84 Å². The Kier molecular flexibility index (Phi) is 4.54. The van der Waals surface area contributed by atoms with Crippen molar-refractivity contribution in [3.63, 3.8) is 0 Å². The molecule has 0 aromatic heterocycles. The minimum atomic E-state index is -0.897. The number of benzene rings is 2. The molecule has 2 bridgehead atoms. The van der Waals surface area contributed by atoms with Gasteiger partial charge in [-0.25, -0.2) is 0 Å². The zero-order valence-corrected chi connectivity index (χ0v) is 15.1. The van der Waals surface area contributed by atoms with Gasteiger partial charge in [-0.2, -0.15) is 5.26 Å². The molecule has 2 heterocycles. The second-order valence-corrected chi connectivity index (χ2v) is 7.58. The number of ether oxygens (including phenoxy) is 1. The maximum atomic E-state index is 11.5. The molecule has 134 valence electrons. The highest BCUT2D eigenvalue weighted by molar-refractivity contribution is 5.42. The van der Waals surface area contributed by atoms with Crippen LogP contribution in [0.5, 0.6) is 0 Å². The quantitative estimate of drug-likeness (QED) is 0.926.